The Morgan fingerprint density at radius 2 is 2.11 bits per heavy atom. The maximum atomic E-state index is 12.2. The fourth-order valence-corrected chi connectivity index (χ4v) is 2.37. The lowest BCUT2D eigenvalue weighted by atomic mass is 10.6. The van der Waals surface area contributed by atoms with Crippen molar-refractivity contribution in [3.8, 4) is 0 Å². The number of nitrogens with one attached hydrogen (secondary N) is 1. The molecule has 102 valence electrons. The average Bonchev–Trinajstić information content (AvgIpc) is 2.66. The summed E-state index contributed by atoms with van der Waals surface area (Å²) in [5.74, 6) is -1.69. The molecule has 0 radical (unpaired) electrons. The number of alkyl halides is 3. The molecule has 0 aliphatic rings. The Kier molecular flexibility index (Phi) is 3.96. The Morgan fingerprint density at radius 1 is 1.50 bits per heavy atom. The molecule has 11 heteroatoms. The smallest absolute Gasteiger partial charge is 0.402 e. The lowest BCUT2D eigenvalue weighted by Gasteiger charge is -2.20. The molecule has 0 spiro atoms. The molecule has 0 saturated carbocycles. The molecule has 18 heavy (non-hydrogen) atoms. The van der Waals surface area contributed by atoms with Crippen LogP contribution in [0.15, 0.2) is 17.6 Å². The molecule has 1 aromatic heterocycles. The van der Waals surface area contributed by atoms with Gasteiger partial charge in [0, 0.05) is 0 Å². The van der Waals surface area contributed by atoms with Gasteiger partial charge in [-0.2, -0.15) is 17.5 Å². The van der Waals surface area contributed by atoms with Crippen LogP contribution < -0.4 is 0 Å². The number of imidazole rings is 1. The standard InChI is InChI=1S/C7H8F3N3O4S/c8-7(9,10)3-13(2-6(14)15)18(16,17)5-1-11-4-12-5/h1,4H,2-3H2,(H,11,12)(H,14,15). The van der Waals surface area contributed by atoms with Gasteiger partial charge in [-0.1, -0.05) is 0 Å². The van der Waals surface area contributed by atoms with Gasteiger partial charge in [0.2, 0.25) is 0 Å². The first kappa shape index (κ1) is 14.4. The highest BCUT2D eigenvalue weighted by atomic mass is 32.2. The van der Waals surface area contributed by atoms with Crippen molar-refractivity contribution in [1.29, 1.82) is 0 Å². The van der Waals surface area contributed by atoms with Gasteiger partial charge >= 0.3 is 12.1 Å². The number of carboxylic acids is 1. The number of sulfonamides is 1. The Balaban J connectivity index is 3.07. The molecule has 0 atom stereocenters. The van der Waals surface area contributed by atoms with Crippen LogP contribution >= 0.6 is 0 Å². The molecule has 0 unspecified atom stereocenters. The molecular formula is C7H8F3N3O4S. The van der Waals surface area contributed by atoms with Crippen LogP contribution in [0, 0.1) is 0 Å². The number of aromatic amines is 1. The van der Waals surface area contributed by atoms with Gasteiger partial charge in [0.25, 0.3) is 10.0 Å². The Hall–Kier alpha value is -1.62. The topological polar surface area (TPSA) is 103 Å². The minimum absolute atomic E-state index is 0.192. The summed E-state index contributed by atoms with van der Waals surface area (Å²) >= 11 is 0. The van der Waals surface area contributed by atoms with E-state index >= 15 is 0 Å². The molecule has 1 rings (SSSR count). The summed E-state index contributed by atoms with van der Waals surface area (Å²) < 4.78 is 59.8. The van der Waals surface area contributed by atoms with Crippen LogP contribution in [0.25, 0.3) is 0 Å². The third-order valence-corrected chi connectivity index (χ3v) is 3.48. The van der Waals surface area contributed by atoms with Crippen molar-refractivity contribution in [2.45, 2.75) is 11.2 Å². The van der Waals surface area contributed by atoms with Gasteiger partial charge in [-0.05, 0) is 0 Å². The Labute approximate surface area is 99.3 Å². The maximum Gasteiger partial charge on any atom is 0.402 e. The minimum atomic E-state index is -4.84. The number of hydrogen-bond donors (Lipinski definition) is 2. The van der Waals surface area contributed by atoms with Crippen molar-refractivity contribution in [1.82, 2.24) is 14.3 Å². The first-order valence-corrected chi connectivity index (χ1v) is 5.84. The number of nitrogens with zero attached hydrogens (tertiary/aromatic N) is 2. The minimum Gasteiger partial charge on any atom is -0.480 e. The summed E-state index contributed by atoms with van der Waals surface area (Å²) in [7, 11) is -4.57. The van der Waals surface area contributed by atoms with E-state index in [-0.39, 0.29) is 4.31 Å². The van der Waals surface area contributed by atoms with Crippen molar-refractivity contribution in [2.24, 2.45) is 0 Å². The van der Waals surface area contributed by atoms with Crippen LogP contribution in [0.2, 0.25) is 0 Å². The maximum absolute atomic E-state index is 12.2. The van der Waals surface area contributed by atoms with Crippen LogP contribution in [-0.4, -0.2) is 53.0 Å². The number of hydrogen-bond acceptors (Lipinski definition) is 4. The fraction of sp³-hybridized carbons (Fsp3) is 0.429. The predicted octanol–water partition coefficient (Wildman–Crippen LogP) is 0.0473. The van der Waals surface area contributed by atoms with Crippen molar-refractivity contribution in [2.75, 3.05) is 13.1 Å². The summed E-state index contributed by atoms with van der Waals surface area (Å²) in [5, 5.41) is 7.84. The van der Waals surface area contributed by atoms with Crippen molar-refractivity contribution < 1.29 is 31.5 Å². The third-order valence-electron chi connectivity index (χ3n) is 1.76. The average molecular weight is 287 g/mol. The van der Waals surface area contributed by atoms with Gasteiger partial charge in [0.15, 0.2) is 5.03 Å². The first-order valence-electron chi connectivity index (χ1n) is 4.40. The number of H-pyrrole nitrogens is 1. The monoisotopic (exact) mass is 287 g/mol. The molecule has 0 saturated heterocycles. The zero-order valence-electron chi connectivity index (χ0n) is 8.68. The SMILES string of the molecule is O=C(O)CN(CC(F)(F)F)S(=O)(=O)c1cnc[nH]1. The molecule has 2 N–H and O–H groups in total. The zero-order chi connectivity index (χ0) is 14.0. The zero-order valence-corrected chi connectivity index (χ0v) is 9.49. The van der Waals surface area contributed by atoms with Gasteiger partial charge in [-0.3, -0.25) is 4.79 Å². The third kappa shape index (κ3) is 3.70. The van der Waals surface area contributed by atoms with E-state index in [1.54, 1.807) is 0 Å². The fourth-order valence-electron chi connectivity index (χ4n) is 1.10. The second-order valence-corrected chi connectivity index (χ2v) is 5.10. The summed E-state index contributed by atoms with van der Waals surface area (Å²) in [4.78, 5) is 15.9. The van der Waals surface area contributed by atoms with Gasteiger partial charge in [-0.25, -0.2) is 13.4 Å². The lowest BCUT2D eigenvalue weighted by Crippen LogP contribution is -2.42. The number of aliphatic carboxylic acids is 1. The molecule has 0 aliphatic carbocycles. The van der Waals surface area contributed by atoms with Crippen molar-refractivity contribution in [3.05, 3.63) is 12.5 Å². The van der Waals surface area contributed by atoms with E-state index < -0.39 is 40.3 Å². The molecule has 1 heterocycles. The number of halogens is 3. The molecular weight excluding hydrogens is 279 g/mol. The molecule has 0 aromatic carbocycles. The quantitative estimate of drug-likeness (QED) is 0.796. The van der Waals surface area contributed by atoms with Crippen LogP contribution in [0.3, 0.4) is 0 Å². The summed E-state index contributed by atoms with van der Waals surface area (Å²) in [5.41, 5.74) is 0. The summed E-state index contributed by atoms with van der Waals surface area (Å²) in [6, 6.07) is 0. The van der Waals surface area contributed by atoms with Crippen LogP contribution in [0.4, 0.5) is 13.2 Å². The number of carbonyl (C=O) groups is 1. The van der Waals surface area contributed by atoms with Crippen LogP contribution in [0.5, 0.6) is 0 Å². The summed E-state index contributed by atoms with van der Waals surface area (Å²) in [6.07, 6.45) is -3.09. The van der Waals surface area contributed by atoms with Crippen molar-refractivity contribution in [3.63, 3.8) is 0 Å². The van der Waals surface area contributed by atoms with E-state index in [4.69, 9.17) is 5.11 Å². The highest BCUT2D eigenvalue weighted by Crippen LogP contribution is 2.21. The molecule has 1 aromatic rings. The van der Waals surface area contributed by atoms with Crippen LogP contribution in [-0.2, 0) is 14.8 Å². The first-order chi connectivity index (χ1) is 8.13. The van der Waals surface area contributed by atoms with Crippen molar-refractivity contribution >= 4 is 16.0 Å². The number of aromatic nitrogens is 2. The second-order valence-electron chi connectivity index (χ2n) is 3.20. The van der Waals surface area contributed by atoms with Gasteiger partial charge in [0.05, 0.1) is 12.5 Å². The van der Waals surface area contributed by atoms with E-state index in [9.17, 15) is 26.4 Å². The number of rotatable bonds is 5. The second kappa shape index (κ2) is 4.94. The largest absolute Gasteiger partial charge is 0.480 e. The highest BCUT2D eigenvalue weighted by molar-refractivity contribution is 7.89. The molecule has 0 fully saturated rings. The van der Waals surface area contributed by atoms with Gasteiger partial charge < -0.3 is 10.1 Å². The van der Waals surface area contributed by atoms with E-state index in [1.165, 1.54) is 0 Å². The summed E-state index contributed by atoms with van der Waals surface area (Å²) in [6.45, 7) is -3.18. The van der Waals surface area contributed by atoms with Gasteiger partial charge in [0.1, 0.15) is 13.1 Å². The predicted molar refractivity (Wildman–Crippen MR) is 51.0 cm³/mol. The molecule has 7 nitrogen and oxygen atoms in total. The lowest BCUT2D eigenvalue weighted by molar-refractivity contribution is -0.146. The molecule has 0 bridgehead atoms. The Morgan fingerprint density at radius 3 is 2.50 bits per heavy atom. The number of carboxylic acid groups (broad SMARTS) is 1. The highest BCUT2D eigenvalue weighted by Gasteiger charge is 2.38. The normalized spacial score (nSPS) is 12.9. The molecule has 0 aliphatic heterocycles. The Bertz CT molecular complexity index is 511. The van der Waals surface area contributed by atoms with Gasteiger partial charge in [-0.15, -0.1) is 0 Å². The van der Waals surface area contributed by atoms with E-state index in [1.807, 2.05) is 0 Å². The molecule has 0 amide bonds. The van der Waals surface area contributed by atoms with Crippen LogP contribution in [0.1, 0.15) is 0 Å². The van der Waals surface area contributed by atoms with E-state index in [0.717, 1.165) is 12.5 Å². The van der Waals surface area contributed by atoms with E-state index in [0.29, 0.717) is 0 Å². The van der Waals surface area contributed by atoms with E-state index in [2.05, 4.69) is 9.97 Å².